The van der Waals surface area contributed by atoms with Crippen molar-refractivity contribution in [3.05, 3.63) is 29.0 Å². The highest BCUT2D eigenvalue weighted by atomic mass is 79.9. The largest absolute Gasteiger partial charge is 0.492 e. The Morgan fingerprint density at radius 1 is 1.44 bits per heavy atom. The number of alkyl halides is 1. The molecule has 1 aromatic carbocycles. The first-order valence-electron chi connectivity index (χ1n) is 5.18. The lowest BCUT2D eigenvalue weighted by atomic mass is 9.99. The Labute approximate surface area is 109 Å². The van der Waals surface area contributed by atoms with Crippen molar-refractivity contribution in [3.63, 3.8) is 0 Å². The average Bonchev–Trinajstić information content (AvgIpc) is 2.21. The van der Waals surface area contributed by atoms with E-state index in [4.69, 9.17) is 16.3 Å². The standard InChI is InChI=1S/C12H15BrClFO/c1-8(2)9(6-13)7-16-12-4-3-10(15)5-11(12)14/h3-5,8-9H,6-7H2,1-2H3. The molecule has 1 aromatic rings. The molecule has 0 heterocycles. The van der Waals surface area contributed by atoms with Crippen molar-refractivity contribution in [1.82, 2.24) is 0 Å². The summed E-state index contributed by atoms with van der Waals surface area (Å²) in [5.41, 5.74) is 0. The molecule has 0 aliphatic rings. The molecular formula is C12H15BrClFO. The maximum Gasteiger partial charge on any atom is 0.138 e. The van der Waals surface area contributed by atoms with E-state index >= 15 is 0 Å². The van der Waals surface area contributed by atoms with Gasteiger partial charge in [-0.1, -0.05) is 41.4 Å². The third kappa shape index (κ3) is 3.95. The molecule has 0 spiro atoms. The van der Waals surface area contributed by atoms with Gasteiger partial charge >= 0.3 is 0 Å². The van der Waals surface area contributed by atoms with Crippen LogP contribution in [0.15, 0.2) is 18.2 Å². The fourth-order valence-electron chi connectivity index (χ4n) is 1.20. The zero-order valence-electron chi connectivity index (χ0n) is 9.34. The predicted octanol–water partition coefficient (Wildman–Crippen LogP) is 4.53. The summed E-state index contributed by atoms with van der Waals surface area (Å²) < 4.78 is 18.4. The number of rotatable bonds is 5. The Hall–Kier alpha value is -0.280. The Kier molecular flexibility index (Phi) is 5.56. The van der Waals surface area contributed by atoms with Gasteiger partial charge in [0.05, 0.1) is 11.6 Å². The van der Waals surface area contributed by atoms with Crippen molar-refractivity contribution >= 4 is 27.5 Å². The SMILES string of the molecule is CC(C)C(CBr)COc1ccc(F)cc1Cl. The lowest BCUT2D eigenvalue weighted by molar-refractivity contribution is 0.227. The summed E-state index contributed by atoms with van der Waals surface area (Å²) in [6.45, 7) is 4.86. The van der Waals surface area contributed by atoms with E-state index in [0.29, 0.717) is 29.2 Å². The highest BCUT2D eigenvalue weighted by molar-refractivity contribution is 9.09. The van der Waals surface area contributed by atoms with Crippen molar-refractivity contribution in [2.24, 2.45) is 11.8 Å². The second-order valence-corrected chi connectivity index (χ2v) is 5.10. The average molecular weight is 310 g/mol. The quantitative estimate of drug-likeness (QED) is 0.726. The first kappa shape index (κ1) is 13.8. The van der Waals surface area contributed by atoms with Crippen LogP contribution in [0.25, 0.3) is 0 Å². The van der Waals surface area contributed by atoms with E-state index in [0.717, 1.165) is 5.33 Å². The van der Waals surface area contributed by atoms with Crippen LogP contribution in [0.5, 0.6) is 5.75 Å². The van der Waals surface area contributed by atoms with Gasteiger partial charge < -0.3 is 4.74 Å². The molecule has 0 radical (unpaired) electrons. The van der Waals surface area contributed by atoms with Crippen LogP contribution in [0, 0.1) is 17.7 Å². The van der Waals surface area contributed by atoms with Gasteiger partial charge in [-0.05, 0) is 24.1 Å². The van der Waals surface area contributed by atoms with Gasteiger partial charge in [0, 0.05) is 11.2 Å². The first-order chi connectivity index (χ1) is 7.54. The maximum absolute atomic E-state index is 12.8. The maximum atomic E-state index is 12.8. The van der Waals surface area contributed by atoms with Gasteiger partial charge in [0.15, 0.2) is 0 Å². The molecule has 0 amide bonds. The number of halogens is 3. The van der Waals surface area contributed by atoms with Crippen LogP contribution in [-0.2, 0) is 0 Å². The Morgan fingerprint density at radius 3 is 2.62 bits per heavy atom. The van der Waals surface area contributed by atoms with Crippen LogP contribution >= 0.6 is 27.5 Å². The molecule has 16 heavy (non-hydrogen) atoms. The van der Waals surface area contributed by atoms with E-state index in [1.54, 1.807) is 6.07 Å². The summed E-state index contributed by atoms with van der Waals surface area (Å²) in [4.78, 5) is 0. The highest BCUT2D eigenvalue weighted by Crippen LogP contribution is 2.26. The predicted molar refractivity (Wildman–Crippen MR) is 69.0 cm³/mol. The van der Waals surface area contributed by atoms with Crippen molar-refractivity contribution in [1.29, 1.82) is 0 Å². The number of benzene rings is 1. The van der Waals surface area contributed by atoms with E-state index in [1.165, 1.54) is 12.1 Å². The molecule has 0 aliphatic carbocycles. The zero-order chi connectivity index (χ0) is 12.1. The van der Waals surface area contributed by atoms with Crippen LogP contribution in [0.4, 0.5) is 4.39 Å². The second kappa shape index (κ2) is 6.45. The molecule has 0 aliphatic heterocycles. The molecule has 90 valence electrons. The monoisotopic (exact) mass is 308 g/mol. The fraction of sp³-hybridized carbons (Fsp3) is 0.500. The summed E-state index contributed by atoms with van der Waals surface area (Å²) in [7, 11) is 0. The van der Waals surface area contributed by atoms with Crippen LogP contribution in [0.1, 0.15) is 13.8 Å². The Balaban J connectivity index is 2.60. The van der Waals surface area contributed by atoms with Crippen molar-refractivity contribution < 1.29 is 9.13 Å². The molecule has 0 aromatic heterocycles. The van der Waals surface area contributed by atoms with Gasteiger partial charge in [-0.25, -0.2) is 4.39 Å². The van der Waals surface area contributed by atoms with Crippen LogP contribution in [0.3, 0.4) is 0 Å². The first-order valence-corrected chi connectivity index (χ1v) is 6.68. The van der Waals surface area contributed by atoms with Crippen LogP contribution in [0.2, 0.25) is 5.02 Å². The fourth-order valence-corrected chi connectivity index (χ4v) is 2.36. The molecule has 1 rings (SSSR count). The van der Waals surface area contributed by atoms with Gasteiger partial charge in [0.1, 0.15) is 11.6 Å². The Morgan fingerprint density at radius 2 is 2.12 bits per heavy atom. The van der Waals surface area contributed by atoms with Crippen LogP contribution < -0.4 is 4.74 Å². The van der Waals surface area contributed by atoms with Gasteiger partial charge in [-0.15, -0.1) is 0 Å². The normalized spacial score (nSPS) is 12.9. The molecule has 0 saturated heterocycles. The number of hydrogen-bond acceptors (Lipinski definition) is 1. The summed E-state index contributed by atoms with van der Waals surface area (Å²) in [6, 6.07) is 4.17. The molecule has 0 fully saturated rings. The van der Waals surface area contributed by atoms with E-state index in [9.17, 15) is 4.39 Å². The van der Waals surface area contributed by atoms with E-state index < -0.39 is 0 Å². The van der Waals surface area contributed by atoms with Gasteiger partial charge in [-0.3, -0.25) is 0 Å². The summed E-state index contributed by atoms with van der Waals surface area (Å²) in [5, 5.41) is 1.20. The summed E-state index contributed by atoms with van der Waals surface area (Å²) in [5.74, 6) is 1.13. The van der Waals surface area contributed by atoms with Gasteiger partial charge in [0.25, 0.3) is 0 Å². The van der Waals surface area contributed by atoms with E-state index in [2.05, 4.69) is 29.8 Å². The smallest absolute Gasteiger partial charge is 0.138 e. The van der Waals surface area contributed by atoms with Crippen molar-refractivity contribution in [2.75, 3.05) is 11.9 Å². The van der Waals surface area contributed by atoms with Crippen LogP contribution in [-0.4, -0.2) is 11.9 Å². The third-order valence-corrected chi connectivity index (χ3v) is 3.61. The molecule has 0 bridgehead atoms. The lowest BCUT2D eigenvalue weighted by Gasteiger charge is -2.19. The van der Waals surface area contributed by atoms with E-state index in [1.807, 2.05) is 0 Å². The molecule has 4 heteroatoms. The molecular weight excluding hydrogens is 294 g/mol. The topological polar surface area (TPSA) is 9.23 Å². The van der Waals surface area contributed by atoms with E-state index in [-0.39, 0.29) is 5.82 Å². The van der Waals surface area contributed by atoms with Gasteiger partial charge in [-0.2, -0.15) is 0 Å². The zero-order valence-corrected chi connectivity index (χ0v) is 11.7. The number of hydrogen-bond donors (Lipinski definition) is 0. The molecule has 0 N–H and O–H groups in total. The number of ether oxygens (including phenoxy) is 1. The lowest BCUT2D eigenvalue weighted by Crippen LogP contribution is -2.19. The molecule has 1 nitrogen and oxygen atoms in total. The minimum Gasteiger partial charge on any atom is -0.492 e. The minimum absolute atomic E-state index is 0.317. The van der Waals surface area contributed by atoms with Crippen molar-refractivity contribution in [3.8, 4) is 5.75 Å². The molecule has 1 atom stereocenters. The summed E-state index contributed by atoms with van der Waals surface area (Å²) >= 11 is 9.31. The molecule has 0 saturated carbocycles. The second-order valence-electron chi connectivity index (χ2n) is 4.04. The minimum atomic E-state index is -0.349. The Bertz CT molecular complexity index is 344. The van der Waals surface area contributed by atoms with Crippen molar-refractivity contribution in [2.45, 2.75) is 13.8 Å². The third-order valence-electron chi connectivity index (χ3n) is 2.49. The van der Waals surface area contributed by atoms with Gasteiger partial charge in [0.2, 0.25) is 0 Å². The highest BCUT2D eigenvalue weighted by Gasteiger charge is 2.13. The summed E-state index contributed by atoms with van der Waals surface area (Å²) in [6.07, 6.45) is 0. The molecule has 1 unspecified atom stereocenters.